The molecule has 5 nitrogen and oxygen atoms in total. The Morgan fingerprint density at radius 1 is 1.15 bits per heavy atom. The van der Waals surface area contributed by atoms with Gasteiger partial charge in [0.1, 0.15) is 34.8 Å². The van der Waals surface area contributed by atoms with E-state index in [1.165, 1.54) is 10.9 Å². The van der Waals surface area contributed by atoms with E-state index < -0.39 is 0 Å². The SMILES string of the molecule is C=CCOc1ccc(-n2nc3ccccc3n2)c(O)c1. The van der Waals surface area contributed by atoms with Crippen LogP contribution >= 0.6 is 0 Å². The third-order valence-corrected chi connectivity index (χ3v) is 2.82. The van der Waals surface area contributed by atoms with Gasteiger partial charge in [0.05, 0.1) is 0 Å². The van der Waals surface area contributed by atoms with Crippen molar-refractivity contribution in [2.45, 2.75) is 0 Å². The van der Waals surface area contributed by atoms with Gasteiger partial charge in [-0.05, 0) is 24.3 Å². The van der Waals surface area contributed by atoms with Gasteiger partial charge in [-0.15, -0.1) is 15.0 Å². The van der Waals surface area contributed by atoms with Gasteiger partial charge < -0.3 is 9.84 Å². The number of fused-ring (bicyclic) bond motifs is 1. The number of phenolic OH excluding ortho intramolecular Hbond substituents is 1. The lowest BCUT2D eigenvalue weighted by molar-refractivity contribution is 0.359. The molecule has 0 atom stereocenters. The fraction of sp³-hybridized carbons (Fsp3) is 0.0667. The maximum absolute atomic E-state index is 10.1. The highest BCUT2D eigenvalue weighted by Crippen LogP contribution is 2.26. The molecule has 0 saturated heterocycles. The van der Waals surface area contributed by atoms with Gasteiger partial charge in [0, 0.05) is 6.07 Å². The topological polar surface area (TPSA) is 60.2 Å². The van der Waals surface area contributed by atoms with Crippen LogP contribution in [-0.2, 0) is 0 Å². The molecule has 5 heteroatoms. The summed E-state index contributed by atoms with van der Waals surface area (Å²) < 4.78 is 5.36. The van der Waals surface area contributed by atoms with Crippen molar-refractivity contribution in [2.75, 3.05) is 6.61 Å². The van der Waals surface area contributed by atoms with Crippen molar-refractivity contribution in [2.24, 2.45) is 0 Å². The minimum Gasteiger partial charge on any atom is -0.505 e. The molecule has 0 spiro atoms. The molecule has 0 bridgehead atoms. The average Bonchev–Trinajstić information content (AvgIpc) is 2.88. The summed E-state index contributed by atoms with van der Waals surface area (Å²) in [7, 11) is 0. The number of nitrogens with zero attached hydrogens (tertiary/aromatic N) is 3. The minimum atomic E-state index is 0.0619. The first-order valence-corrected chi connectivity index (χ1v) is 6.17. The molecule has 0 amide bonds. The summed E-state index contributed by atoms with van der Waals surface area (Å²) in [6.45, 7) is 3.97. The molecule has 0 fully saturated rings. The Kier molecular flexibility index (Phi) is 3.09. The summed E-state index contributed by atoms with van der Waals surface area (Å²) >= 11 is 0. The molecule has 20 heavy (non-hydrogen) atoms. The van der Waals surface area contributed by atoms with Crippen LogP contribution in [0.1, 0.15) is 0 Å². The normalized spacial score (nSPS) is 10.6. The Balaban J connectivity index is 1.98. The lowest BCUT2D eigenvalue weighted by Crippen LogP contribution is -2.00. The first kappa shape index (κ1) is 12.2. The van der Waals surface area contributed by atoms with Crippen LogP contribution in [0, 0.1) is 0 Å². The Labute approximate surface area is 115 Å². The van der Waals surface area contributed by atoms with Crippen molar-refractivity contribution in [1.29, 1.82) is 0 Å². The van der Waals surface area contributed by atoms with E-state index in [1.54, 1.807) is 18.2 Å². The summed E-state index contributed by atoms with van der Waals surface area (Å²) in [5.74, 6) is 0.634. The molecule has 0 saturated carbocycles. The zero-order chi connectivity index (χ0) is 13.9. The molecule has 1 N–H and O–H groups in total. The summed E-state index contributed by atoms with van der Waals surface area (Å²) in [6, 6.07) is 12.5. The highest BCUT2D eigenvalue weighted by Gasteiger charge is 2.09. The van der Waals surface area contributed by atoms with Crippen LogP contribution in [0.5, 0.6) is 11.5 Å². The second kappa shape index (κ2) is 5.05. The fourth-order valence-corrected chi connectivity index (χ4v) is 1.88. The van der Waals surface area contributed by atoms with E-state index in [0.29, 0.717) is 18.0 Å². The molecule has 0 aliphatic heterocycles. The van der Waals surface area contributed by atoms with Crippen molar-refractivity contribution in [3.8, 4) is 17.2 Å². The summed E-state index contributed by atoms with van der Waals surface area (Å²) in [5.41, 5.74) is 2.06. The number of aromatic hydroxyl groups is 1. The van der Waals surface area contributed by atoms with Crippen molar-refractivity contribution >= 4 is 11.0 Å². The van der Waals surface area contributed by atoms with E-state index in [1.807, 2.05) is 24.3 Å². The van der Waals surface area contributed by atoms with Gasteiger partial charge in [-0.25, -0.2) is 0 Å². The number of benzene rings is 2. The van der Waals surface area contributed by atoms with Crippen molar-refractivity contribution in [3.63, 3.8) is 0 Å². The van der Waals surface area contributed by atoms with Crippen molar-refractivity contribution < 1.29 is 9.84 Å². The average molecular weight is 267 g/mol. The van der Waals surface area contributed by atoms with E-state index >= 15 is 0 Å². The van der Waals surface area contributed by atoms with E-state index in [0.717, 1.165) is 11.0 Å². The number of hydrogen-bond donors (Lipinski definition) is 1. The molecule has 3 rings (SSSR count). The maximum atomic E-state index is 10.1. The molecular weight excluding hydrogens is 254 g/mol. The molecule has 0 unspecified atom stereocenters. The van der Waals surface area contributed by atoms with E-state index in [2.05, 4.69) is 16.8 Å². The fourth-order valence-electron chi connectivity index (χ4n) is 1.88. The number of ether oxygens (including phenoxy) is 1. The Morgan fingerprint density at radius 2 is 1.85 bits per heavy atom. The van der Waals surface area contributed by atoms with Gasteiger partial charge in [-0.3, -0.25) is 0 Å². The molecule has 100 valence electrons. The van der Waals surface area contributed by atoms with Crippen LogP contribution in [0.15, 0.2) is 55.1 Å². The largest absolute Gasteiger partial charge is 0.505 e. The predicted molar refractivity (Wildman–Crippen MR) is 76.2 cm³/mol. The first-order valence-electron chi connectivity index (χ1n) is 6.17. The van der Waals surface area contributed by atoms with Crippen LogP contribution in [0.4, 0.5) is 0 Å². The van der Waals surface area contributed by atoms with Crippen LogP contribution in [-0.4, -0.2) is 26.7 Å². The van der Waals surface area contributed by atoms with Gasteiger partial charge in [-0.2, -0.15) is 0 Å². The summed E-state index contributed by atoms with van der Waals surface area (Å²) in [6.07, 6.45) is 1.65. The molecule has 0 aliphatic carbocycles. The molecule has 1 aromatic heterocycles. The number of aromatic nitrogens is 3. The third-order valence-electron chi connectivity index (χ3n) is 2.82. The van der Waals surface area contributed by atoms with Gasteiger partial charge >= 0.3 is 0 Å². The quantitative estimate of drug-likeness (QED) is 0.738. The number of phenols is 1. The van der Waals surface area contributed by atoms with E-state index in [9.17, 15) is 5.11 Å². The Hall–Kier alpha value is -2.82. The summed E-state index contributed by atoms with van der Waals surface area (Å²) in [5, 5.41) is 18.7. The third kappa shape index (κ3) is 2.21. The van der Waals surface area contributed by atoms with Crippen LogP contribution in [0.3, 0.4) is 0 Å². The highest BCUT2D eigenvalue weighted by molar-refractivity contribution is 5.73. The number of rotatable bonds is 4. The van der Waals surface area contributed by atoms with Gasteiger partial charge in [0.25, 0.3) is 0 Å². The van der Waals surface area contributed by atoms with Crippen molar-refractivity contribution in [3.05, 3.63) is 55.1 Å². The predicted octanol–water partition coefficient (Wildman–Crippen LogP) is 2.69. The van der Waals surface area contributed by atoms with Crippen LogP contribution in [0.2, 0.25) is 0 Å². The van der Waals surface area contributed by atoms with Crippen LogP contribution in [0.25, 0.3) is 16.7 Å². The molecule has 1 heterocycles. The van der Waals surface area contributed by atoms with Gasteiger partial charge in [-0.1, -0.05) is 24.8 Å². The van der Waals surface area contributed by atoms with Crippen molar-refractivity contribution in [1.82, 2.24) is 15.0 Å². The molecular formula is C15H13N3O2. The Bertz CT molecular complexity index is 732. The standard InChI is InChI=1S/C15H13N3O2/c1-2-9-20-11-7-8-14(15(19)10-11)18-16-12-5-3-4-6-13(12)17-18/h2-8,10,19H,1,9H2. The van der Waals surface area contributed by atoms with E-state index in [4.69, 9.17) is 4.74 Å². The molecule has 3 aromatic rings. The Morgan fingerprint density at radius 3 is 2.45 bits per heavy atom. The second-order valence-corrected chi connectivity index (χ2v) is 4.23. The minimum absolute atomic E-state index is 0.0619. The molecule has 0 aliphatic rings. The van der Waals surface area contributed by atoms with Crippen LogP contribution < -0.4 is 4.74 Å². The first-order chi connectivity index (χ1) is 9.78. The van der Waals surface area contributed by atoms with E-state index in [-0.39, 0.29) is 5.75 Å². The zero-order valence-electron chi connectivity index (χ0n) is 10.7. The summed E-state index contributed by atoms with van der Waals surface area (Å²) in [4.78, 5) is 1.41. The lowest BCUT2D eigenvalue weighted by atomic mass is 10.3. The molecule has 0 radical (unpaired) electrons. The smallest absolute Gasteiger partial charge is 0.146 e. The highest BCUT2D eigenvalue weighted by atomic mass is 16.5. The lowest BCUT2D eigenvalue weighted by Gasteiger charge is -2.06. The number of hydrogen-bond acceptors (Lipinski definition) is 4. The van der Waals surface area contributed by atoms with Gasteiger partial charge in [0.2, 0.25) is 0 Å². The zero-order valence-corrected chi connectivity index (χ0v) is 10.7. The monoisotopic (exact) mass is 267 g/mol. The second-order valence-electron chi connectivity index (χ2n) is 4.23. The van der Waals surface area contributed by atoms with Gasteiger partial charge in [0.15, 0.2) is 0 Å². The molecule has 2 aromatic carbocycles. The maximum Gasteiger partial charge on any atom is 0.146 e.